The van der Waals surface area contributed by atoms with Crippen molar-refractivity contribution in [2.24, 2.45) is 0 Å². The lowest BCUT2D eigenvalue weighted by Crippen LogP contribution is -2.28. The van der Waals surface area contributed by atoms with Gasteiger partial charge in [-0.05, 0) is 41.8 Å². The van der Waals surface area contributed by atoms with Gasteiger partial charge in [0.1, 0.15) is 5.75 Å². The number of carbonyl (C=O) groups is 3. The van der Waals surface area contributed by atoms with Crippen LogP contribution in [-0.2, 0) is 9.53 Å². The summed E-state index contributed by atoms with van der Waals surface area (Å²) in [6.07, 6.45) is 0. The van der Waals surface area contributed by atoms with Crippen molar-refractivity contribution in [2.75, 3.05) is 31.0 Å². The first-order valence-corrected chi connectivity index (χ1v) is 10.4. The second-order valence-corrected chi connectivity index (χ2v) is 7.71. The SMILES string of the molecule is COc1ccc(Cl)cc1NC(=O)COC(=O)c1ccccc1N(C)C(=O)c1cccs1. The second-order valence-electron chi connectivity index (χ2n) is 6.33. The number of ether oxygens (including phenoxy) is 2. The average Bonchev–Trinajstić information content (AvgIpc) is 3.31. The molecule has 0 spiro atoms. The first-order valence-electron chi connectivity index (χ1n) is 9.12. The van der Waals surface area contributed by atoms with Crippen molar-refractivity contribution in [3.8, 4) is 5.75 Å². The number of anilines is 2. The zero-order valence-electron chi connectivity index (χ0n) is 16.8. The molecule has 0 saturated carbocycles. The van der Waals surface area contributed by atoms with E-state index in [1.54, 1.807) is 54.9 Å². The molecule has 1 heterocycles. The maximum absolute atomic E-state index is 12.6. The first-order chi connectivity index (χ1) is 14.9. The van der Waals surface area contributed by atoms with Crippen LogP contribution in [0, 0.1) is 0 Å². The molecular weight excluding hydrogens is 440 g/mol. The number of halogens is 1. The Morgan fingerprint density at radius 1 is 1.10 bits per heavy atom. The predicted octanol–water partition coefficient (Wildman–Crippen LogP) is 4.48. The Morgan fingerprint density at radius 3 is 2.58 bits per heavy atom. The largest absolute Gasteiger partial charge is 0.495 e. The molecule has 31 heavy (non-hydrogen) atoms. The van der Waals surface area contributed by atoms with Crippen LogP contribution in [0.5, 0.6) is 5.75 Å². The zero-order valence-corrected chi connectivity index (χ0v) is 18.3. The van der Waals surface area contributed by atoms with Crippen LogP contribution in [0.25, 0.3) is 0 Å². The van der Waals surface area contributed by atoms with Gasteiger partial charge in [0.05, 0.1) is 28.9 Å². The second kappa shape index (κ2) is 10.1. The van der Waals surface area contributed by atoms with Crippen molar-refractivity contribution in [1.82, 2.24) is 0 Å². The molecule has 0 aliphatic heterocycles. The van der Waals surface area contributed by atoms with Crippen molar-refractivity contribution >= 4 is 52.1 Å². The summed E-state index contributed by atoms with van der Waals surface area (Å²) in [7, 11) is 3.04. The zero-order chi connectivity index (χ0) is 22.4. The van der Waals surface area contributed by atoms with E-state index in [0.717, 1.165) is 0 Å². The smallest absolute Gasteiger partial charge is 0.340 e. The van der Waals surface area contributed by atoms with Crippen LogP contribution in [0.15, 0.2) is 60.0 Å². The maximum atomic E-state index is 12.6. The standard InChI is InChI=1S/C22H19ClN2O5S/c1-25(21(27)19-8-5-11-31-19)17-7-4-3-6-15(17)22(28)30-13-20(26)24-16-12-14(23)9-10-18(16)29-2/h3-12H,13H2,1-2H3,(H,24,26). The number of thiophene rings is 1. The lowest BCUT2D eigenvalue weighted by Gasteiger charge is -2.19. The molecular formula is C22H19ClN2O5S. The Kier molecular flexibility index (Phi) is 7.28. The fourth-order valence-electron chi connectivity index (χ4n) is 2.79. The van der Waals surface area contributed by atoms with Crippen LogP contribution >= 0.6 is 22.9 Å². The molecule has 0 aliphatic rings. The Balaban J connectivity index is 1.68. The fraction of sp³-hybridized carbons (Fsp3) is 0.136. The number of nitrogens with zero attached hydrogens (tertiary/aromatic N) is 1. The normalized spacial score (nSPS) is 10.3. The molecule has 0 fully saturated rings. The highest BCUT2D eigenvalue weighted by Gasteiger charge is 2.21. The minimum atomic E-state index is -0.727. The minimum absolute atomic E-state index is 0.169. The highest BCUT2D eigenvalue weighted by molar-refractivity contribution is 7.12. The van der Waals surface area contributed by atoms with E-state index in [0.29, 0.717) is 27.0 Å². The van der Waals surface area contributed by atoms with Gasteiger partial charge in [-0.25, -0.2) is 4.79 Å². The molecule has 0 bridgehead atoms. The number of carbonyl (C=O) groups excluding carboxylic acids is 3. The third-order valence-electron chi connectivity index (χ3n) is 4.29. The Hall–Kier alpha value is -3.36. The molecule has 0 unspecified atom stereocenters. The number of benzene rings is 2. The molecule has 0 saturated heterocycles. The number of methoxy groups -OCH3 is 1. The van der Waals surface area contributed by atoms with Crippen molar-refractivity contribution in [2.45, 2.75) is 0 Å². The molecule has 2 aromatic carbocycles. The number of para-hydroxylation sites is 1. The van der Waals surface area contributed by atoms with Gasteiger partial charge < -0.3 is 19.7 Å². The van der Waals surface area contributed by atoms with Crippen LogP contribution in [-0.4, -0.2) is 38.5 Å². The maximum Gasteiger partial charge on any atom is 0.340 e. The monoisotopic (exact) mass is 458 g/mol. The van der Waals surface area contributed by atoms with Crippen LogP contribution < -0.4 is 15.0 Å². The number of amides is 2. The Bertz CT molecular complexity index is 1100. The number of nitrogens with one attached hydrogen (secondary N) is 1. The quantitative estimate of drug-likeness (QED) is 0.527. The molecule has 0 aliphatic carbocycles. The first kappa shape index (κ1) is 22.3. The molecule has 7 nitrogen and oxygen atoms in total. The molecule has 2 amide bonds. The summed E-state index contributed by atoms with van der Waals surface area (Å²) in [5, 5.41) is 4.81. The predicted molar refractivity (Wildman–Crippen MR) is 120 cm³/mol. The molecule has 1 aromatic heterocycles. The molecule has 9 heteroatoms. The van der Waals surface area contributed by atoms with Gasteiger partial charge in [0.15, 0.2) is 6.61 Å². The summed E-state index contributed by atoms with van der Waals surface area (Å²) in [6, 6.07) is 14.8. The van der Waals surface area contributed by atoms with E-state index in [1.807, 2.05) is 0 Å². The molecule has 1 N–H and O–H groups in total. The van der Waals surface area contributed by atoms with Gasteiger partial charge in [-0.2, -0.15) is 0 Å². The van der Waals surface area contributed by atoms with E-state index < -0.39 is 18.5 Å². The van der Waals surface area contributed by atoms with E-state index in [1.165, 1.54) is 35.5 Å². The van der Waals surface area contributed by atoms with E-state index >= 15 is 0 Å². The summed E-state index contributed by atoms with van der Waals surface area (Å²) in [4.78, 5) is 39.4. The highest BCUT2D eigenvalue weighted by atomic mass is 35.5. The summed E-state index contributed by atoms with van der Waals surface area (Å²) in [5.41, 5.74) is 0.906. The van der Waals surface area contributed by atoms with Crippen LogP contribution in [0.1, 0.15) is 20.0 Å². The summed E-state index contributed by atoms with van der Waals surface area (Å²) >= 11 is 7.26. The van der Waals surface area contributed by atoms with Gasteiger partial charge >= 0.3 is 5.97 Å². The Labute approximate surface area is 188 Å². The van der Waals surface area contributed by atoms with E-state index in [-0.39, 0.29) is 11.5 Å². The number of rotatable bonds is 7. The van der Waals surface area contributed by atoms with Gasteiger partial charge in [-0.1, -0.05) is 29.8 Å². The van der Waals surface area contributed by atoms with Crippen LogP contribution in [0.3, 0.4) is 0 Å². The topological polar surface area (TPSA) is 84.9 Å². The van der Waals surface area contributed by atoms with Gasteiger partial charge in [0, 0.05) is 12.1 Å². The lowest BCUT2D eigenvalue weighted by atomic mass is 10.1. The average molecular weight is 459 g/mol. The number of hydrogen-bond acceptors (Lipinski definition) is 6. The van der Waals surface area contributed by atoms with Gasteiger partial charge in [-0.3, -0.25) is 9.59 Å². The summed E-state index contributed by atoms with van der Waals surface area (Å²) < 4.78 is 10.3. The van der Waals surface area contributed by atoms with E-state index in [9.17, 15) is 14.4 Å². The number of hydrogen-bond donors (Lipinski definition) is 1. The molecule has 3 aromatic rings. The third kappa shape index (κ3) is 5.42. The third-order valence-corrected chi connectivity index (χ3v) is 5.38. The van der Waals surface area contributed by atoms with Gasteiger partial charge in [0.2, 0.25) is 0 Å². The molecule has 3 rings (SSSR count). The summed E-state index contributed by atoms with van der Waals surface area (Å²) in [5.74, 6) is -1.12. The minimum Gasteiger partial charge on any atom is -0.495 e. The molecule has 0 radical (unpaired) electrons. The van der Waals surface area contributed by atoms with Crippen molar-refractivity contribution < 1.29 is 23.9 Å². The number of esters is 1. The van der Waals surface area contributed by atoms with E-state index in [4.69, 9.17) is 21.1 Å². The molecule has 160 valence electrons. The van der Waals surface area contributed by atoms with Crippen molar-refractivity contribution in [3.05, 3.63) is 75.4 Å². The summed E-state index contributed by atoms with van der Waals surface area (Å²) in [6.45, 7) is -0.522. The Morgan fingerprint density at radius 2 is 1.87 bits per heavy atom. The highest BCUT2D eigenvalue weighted by Crippen LogP contribution is 2.28. The van der Waals surface area contributed by atoms with Gasteiger partial charge in [0.25, 0.3) is 11.8 Å². The van der Waals surface area contributed by atoms with Crippen molar-refractivity contribution in [3.63, 3.8) is 0 Å². The van der Waals surface area contributed by atoms with E-state index in [2.05, 4.69) is 5.32 Å². The van der Waals surface area contributed by atoms with Crippen LogP contribution in [0.2, 0.25) is 5.02 Å². The fourth-order valence-corrected chi connectivity index (χ4v) is 3.66. The van der Waals surface area contributed by atoms with Crippen molar-refractivity contribution in [1.29, 1.82) is 0 Å². The van der Waals surface area contributed by atoms with Crippen LogP contribution in [0.4, 0.5) is 11.4 Å². The lowest BCUT2D eigenvalue weighted by molar-refractivity contribution is -0.119. The van der Waals surface area contributed by atoms with Gasteiger partial charge in [-0.15, -0.1) is 11.3 Å². The molecule has 0 atom stereocenters.